The Balaban J connectivity index is 1.51. The van der Waals surface area contributed by atoms with Crippen molar-refractivity contribution in [3.8, 4) is 0 Å². The number of allylic oxidation sites excluding steroid dienone is 1. The van der Waals surface area contributed by atoms with E-state index in [1.54, 1.807) is 11.1 Å². The minimum absolute atomic E-state index is 0.551. The lowest BCUT2D eigenvalue weighted by Crippen LogP contribution is -2.17. The van der Waals surface area contributed by atoms with Crippen molar-refractivity contribution in [1.29, 1.82) is 0 Å². The van der Waals surface area contributed by atoms with Gasteiger partial charge in [-0.25, -0.2) is 0 Å². The van der Waals surface area contributed by atoms with Crippen LogP contribution in [-0.2, 0) is 6.42 Å². The van der Waals surface area contributed by atoms with Crippen molar-refractivity contribution in [2.45, 2.75) is 45.1 Å². The van der Waals surface area contributed by atoms with Gasteiger partial charge in [0.05, 0.1) is 0 Å². The zero-order valence-corrected chi connectivity index (χ0v) is 17.6. The first kappa shape index (κ1) is 16.9. The van der Waals surface area contributed by atoms with Crippen molar-refractivity contribution in [3.05, 3.63) is 70.1 Å². The highest BCUT2D eigenvalue weighted by Crippen LogP contribution is 2.61. The largest absolute Gasteiger partial charge is 0.382 e. The summed E-state index contributed by atoms with van der Waals surface area (Å²) in [6.07, 6.45) is 6.13. The average Bonchev–Trinajstić information content (AvgIpc) is 3.33. The summed E-state index contributed by atoms with van der Waals surface area (Å²) in [5, 5.41) is 5.29. The molecule has 6 atom stereocenters. The molecule has 3 aromatic rings. The number of fused-ring (bicyclic) bond motifs is 6. The SMILES string of the molecule is CC1Cc2cccc(C3C(C)C(C)C4c5c(sc6ccccc56)C=CC34)c2N1. The van der Waals surface area contributed by atoms with E-state index in [0.717, 1.165) is 6.42 Å². The van der Waals surface area contributed by atoms with Crippen LogP contribution in [0.15, 0.2) is 48.5 Å². The second kappa shape index (κ2) is 5.97. The van der Waals surface area contributed by atoms with Crippen molar-refractivity contribution < 1.29 is 0 Å². The maximum absolute atomic E-state index is 3.80. The molecular formula is C26H27NS. The van der Waals surface area contributed by atoms with Gasteiger partial charge >= 0.3 is 0 Å². The predicted octanol–water partition coefficient (Wildman–Crippen LogP) is 7.05. The maximum atomic E-state index is 3.80. The van der Waals surface area contributed by atoms with E-state index in [2.05, 4.69) is 80.7 Å². The van der Waals surface area contributed by atoms with Crippen LogP contribution in [-0.4, -0.2) is 6.04 Å². The molecule has 1 fully saturated rings. The highest BCUT2D eigenvalue weighted by molar-refractivity contribution is 7.20. The molecule has 0 spiro atoms. The van der Waals surface area contributed by atoms with Gasteiger partial charge in [-0.15, -0.1) is 11.3 Å². The third-order valence-electron chi connectivity index (χ3n) is 7.72. The summed E-state index contributed by atoms with van der Waals surface area (Å²) in [4.78, 5) is 1.49. The van der Waals surface area contributed by atoms with Crippen LogP contribution in [0.1, 0.15) is 54.2 Å². The summed E-state index contributed by atoms with van der Waals surface area (Å²) in [7, 11) is 0. The van der Waals surface area contributed by atoms with E-state index in [-0.39, 0.29) is 0 Å². The highest BCUT2D eigenvalue weighted by atomic mass is 32.1. The van der Waals surface area contributed by atoms with E-state index >= 15 is 0 Å². The van der Waals surface area contributed by atoms with Crippen LogP contribution in [0.5, 0.6) is 0 Å². The van der Waals surface area contributed by atoms with Gasteiger partial charge in [0, 0.05) is 21.3 Å². The first-order valence-corrected chi connectivity index (χ1v) is 11.5. The van der Waals surface area contributed by atoms with Crippen molar-refractivity contribution >= 4 is 33.2 Å². The highest BCUT2D eigenvalue weighted by Gasteiger charge is 2.49. The van der Waals surface area contributed by atoms with Gasteiger partial charge in [-0.05, 0) is 77.2 Å². The summed E-state index contributed by atoms with van der Waals surface area (Å²) in [6, 6.07) is 16.6. The minimum Gasteiger partial charge on any atom is -0.382 e. The van der Waals surface area contributed by atoms with Gasteiger partial charge in [0.25, 0.3) is 0 Å². The Labute approximate surface area is 171 Å². The Hall–Kier alpha value is -2.06. The van der Waals surface area contributed by atoms with E-state index < -0.39 is 0 Å². The minimum atomic E-state index is 0.551. The van der Waals surface area contributed by atoms with Gasteiger partial charge < -0.3 is 5.32 Å². The Morgan fingerprint density at radius 1 is 0.929 bits per heavy atom. The summed E-state index contributed by atoms with van der Waals surface area (Å²) >= 11 is 1.97. The number of para-hydroxylation sites is 1. The zero-order chi connectivity index (χ0) is 19.0. The Bertz CT molecular complexity index is 1110. The molecule has 6 unspecified atom stereocenters. The van der Waals surface area contributed by atoms with Gasteiger partial charge in [0.2, 0.25) is 0 Å². The molecule has 1 N–H and O–H groups in total. The van der Waals surface area contributed by atoms with Crippen LogP contribution in [0.2, 0.25) is 0 Å². The zero-order valence-electron chi connectivity index (χ0n) is 16.8. The maximum Gasteiger partial charge on any atom is 0.0411 e. The lowest BCUT2D eigenvalue weighted by atomic mass is 9.76. The van der Waals surface area contributed by atoms with Crippen molar-refractivity contribution in [3.63, 3.8) is 0 Å². The van der Waals surface area contributed by atoms with Crippen LogP contribution < -0.4 is 5.32 Å². The molecule has 28 heavy (non-hydrogen) atoms. The quantitative estimate of drug-likeness (QED) is 0.473. The fourth-order valence-electron chi connectivity index (χ4n) is 6.39. The number of hydrogen-bond acceptors (Lipinski definition) is 2. The fourth-order valence-corrected chi connectivity index (χ4v) is 7.56. The van der Waals surface area contributed by atoms with Crippen LogP contribution in [0.3, 0.4) is 0 Å². The molecule has 1 saturated carbocycles. The molecule has 1 aliphatic heterocycles. The molecule has 0 saturated heterocycles. The molecule has 6 rings (SSSR count). The third-order valence-corrected chi connectivity index (χ3v) is 8.87. The second-order valence-electron chi connectivity index (χ2n) is 9.21. The van der Waals surface area contributed by atoms with E-state index in [1.807, 2.05) is 11.3 Å². The lowest BCUT2D eigenvalue weighted by molar-refractivity contribution is 0.403. The molecule has 2 heteroatoms. The van der Waals surface area contributed by atoms with Crippen LogP contribution in [0.25, 0.3) is 16.2 Å². The number of thiophene rings is 1. The molecule has 2 aromatic carbocycles. The van der Waals surface area contributed by atoms with Gasteiger partial charge in [0.15, 0.2) is 0 Å². The van der Waals surface area contributed by atoms with Gasteiger partial charge in [-0.2, -0.15) is 0 Å². The Morgan fingerprint density at radius 3 is 2.64 bits per heavy atom. The van der Waals surface area contributed by atoms with Gasteiger partial charge in [0.1, 0.15) is 0 Å². The van der Waals surface area contributed by atoms with Crippen molar-refractivity contribution in [1.82, 2.24) is 0 Å². The predicted molar refractivity (Wildman–Crippen MR) is 121 cm³/mol. The molecule has 3 aliphatic rings. The molecule has 0 amide bonds. The number of rotatable bonds is 1. The third kappa shape index (κ3) is 2.18. The molecule has 1 nitrogen and oxygen atoms in total. The van der Waals surface area contributed by atoms with Crippen LogP contribution >= 0.6 is 11.3 Å². The molecule has 142 valence electrons. The van der Waals surface area contributed by atoms with E-state index in [9.17, 15) is 0 Å². The normalized spacial score (nSPS) is 32.8. The summed E-state index contributed by atoms with van der Waals surface area (Å²) in [5.41, 5.74) is 6.13. The van der Waals surface area contributed by atoms with E-state index in [0.29, 0.717) is 35.6 Å². The number of benzene rings is 2. The van der Waals surface area contributed by atoms with E-state index in [1.165, 1.54) is 26.2 Å². The fraction of sp³-hybridized carbons (Fsp3) is 0.385. The second-order valence-corrected chi connectivity index (χ2v) is 10.3. The Morgan fingerprint density at radius 2 is 1.75 bits per heavy atom. The van der Waals surface area contributed by atoms with Crippen molar-refractivity contribution in [2.24, 2.45) is 17.8 Å². The van der Waals surface area contributed by atoms with Gasteiger partial charge in [-0.1, -0.05) is 56.3 Å². The molecule has 2 aliphatic carbocycles. The molecule has 2 heterocycles. The number of hydrogen-bond donors (Lipinski definition) is 1. The monoisotopic (exact) mass is 385 g/mol. The topological polar surface area (TPSA) is 12.0 Å². The number of nitrogens with one attached hydrogen (secondary N) is 1. The average molecular weight is 386 g/mol. The molecule has 1 aromatic heterocycles. The molecular weight excluding hydrogens is 358 g/mol. The lowest BCUT2D eigenvalue weighted by Gasteiger charge is -2.28. The first-order valence-electron chi connectivity index (χ1n) is 10.7. The van der Waals surface area contributed by atoms with Crippen molar-refractivity contribution in [2.75, 3.05) is 5.32 Å². The Kier molecular flexibility index (Phi) is 3.59. The van der Waals surface area contributed by atoms with E-state index in [4.69, 9.17) is 0 Å². The smallest absolute Gasteiger partial charge is 0.0411 e. The summed E-state index contributed by atoms with van der Waals surface area (Å²) < 4.78 is 1.44. The van der Waals surface area contributed by atoms with Crippen LogP contribution in [0.4, 0.5) is 5.69 Å². The molecule has 0 bridgehead atoms. The molecule has 0 radical (unpaired) electrons. The first-order chi connectivity index (χ1) is 13.6. The summed E-state index contributed by atoms with van der Waals surface area (Å²) in [5.74, 6) is 3.18. The standard InChI is InChI=1S/C26H27NS/c1-14-13-17-7-6-9-20(26(17)27-14)23-15(2)16(3)24-19(23)11-12-22-25(24)18-8-4-5-10-21(18)28-22/h4-12,14-16,19,23-24,27H,13H2,1-3H3. The number of anilines is 1. The summed E-state index contributed by atoms with van der Waals surface area (Å²) in [6.45, 7) is 7.29. The van der Waals surface area contributed by atoms with Gasteiger partial charge in [-0.3, -0.25) is 0 Å². The van der Waals surface area contributed by atoms with Crippen LogP contribution in [0, 0.1) is 17.8 Å².